The van der Waals surface area contributed by atoms with Crippen LogP contribution in [0.15, 0.2) is 24.3 Å². The molecule has 0 aromatic heterocycles. The zero-order valence-electron chi connectivity index (χ0n) is 8.72. The normalized spacial score (nSPS) is 19.4. The van der Waals surface area contributed by atoms with E-state index in [-0.39, 0.29) is 30.5 Å². The number of amides is 1. The molecule has 4 nitrogen and oxygen atoms in total. The summed E-state index contributed by atoms with van der Waals surface area (Å²) in [7, 11) is -2.94. The third kappa shape index (κ3) is 2.41. The van der Waals surface area contributed by atoms with E-state index in [0.29, 0.717) is 5.56 Å². The molecule has 5 heteroatoms. The van der Waals surface area contributed by atoms with Crippen LogP contribution >= 0.6 is 0 Å². The van der Waals surface area contributed by atoms with E-state index < -0.39 is 9.84 Å². The van der Waals surface area contributed by atoms with E-state index in [4.69, 9.17) is 0 Å². The van der Waals surface area contributed by atoms with Crippen LogP contribution in [0.1, 0.15) is 10.4 Å². The van der Waals surface area contributed by atoms with E-state index in [0.717, 1.165) is 0 Å². The number of rotatable bonds is 1. The molecule has 0 aliphatic carbocycles. The van der Waals surface area contributed by atoms with Gasteiger partial charge in [0, 0.05) is 18.7 Å². The van der Waals surface area contributed by atoms with Crippen molar-refractivity contribution < 1.29 is 13.2 Å². The van der Waals surface area contributed by atoms with Crippen LogP contribution in [0, 0.1) is 6.07 Å². The molecule has 1 saturated heterocycles. The van der Waals surface area contributed by atoms with Crippen molar-refractivity contribution in [2.24, 2.45) is 0 Å². The average molecular weight is 238 g/mol. The summed E-state index contributed by atoms with van der Waals surface area (Å²) in [5.74, 6) is -0.0209. The minimum Gasteiger partial charge on any atom is -0.337 e. The van der Waals surface area contributed by atoms with Crippen molar-refractivity contribution >= 4 is 15.7 Å². The van der Waals surface area contributed by atoms with E-state index >= 15 is 0 Å². The first kappa shape index (κ1) is 11.1. The van der Waals surface area contributed by atoms with E-state index in [1.165, 1.54) is 0 Å². The van der Waals surface area contributed by atoms with Crippen molar-refractivity contribution in [3.05, 3.63) is 35.9 Å². The van der Waals surface area contributed by atoms with Crippen molar-refractivity contribution in [3.63, 3.8) is 0 Å². The first-order valence-corrected chi connectivity index (χ1v) is 6.87. The smallest absolute Gasteiger partial charge is 0.254 e. The van der Waals surface area contributed by atoms with Crippen molar-refractivity contribution in [2.75, 3.05) is 24.6 Å². The lowest BCUT2D eigenvalue weighted by Gasteiger charge is -2.26. The highest BCUT2D eigenvalue weighted by atomic mass is 32.2. The fraction of sp³-hybridized carbons (Fsp3) is 0.364. The first-order chi connectivity index (χ1) is 7.58. The van der Waals surface area contributed by atoms with Crippen LogP contribution < -0.4 is 0 Å². The second-order valence-electron chi connectivity index (χ2n) is 3.72. The zero-order chi connectivity index (χ0) is 11.6. The maximum Gasteiger partial charge on any atom is 0.254 e. The SMILES string of the molecule is O=C(c1[c]cccc1)N1CCS(=O)(=O)CC1. The summed E-state index contributed by atoms with van der Waals surface area (Å²) in [6.45, 7) is 0.563. The van der Waals surface area contributed by atoms with Crippen molar-refractivity contribution in [3.8, 4) is 0 Å². The molecule has 1 amide bonds. The minimum atomic E-state index is -2.94. The third-order valence-corrected chi connectivity index (χ3v) is 4.18. The number of sulfone groups is 1. The molecule has 1 aromatic rings. The Labute approximate surface area is 94.8 Å². The van der Waals surface area contributed by atoms with Gasteiger partial charge in [-0.1, -0.05) is 18.2 Å². The Kier molecular flexibility index (Phi) is 2.96. The molecule has 0 spiro atoms. The van der Waals surface area contributed by atoms with Gasteiger partial charge < -0.3 is 4.90 Å². The maximum absolute atomic E-state index is 11.9. The van der Waals surface area contributed by atoms with Gasteiger partial charge in [0.05, 0.1) is 11.5 Å². The molecular weight excluding hydrogens is 226 g/mol. The van der Waals surface area contributed by atoms with Crippen LogP contribution in [-0.2, 0) is 9.84 Å². The predicted octanol–water partition coefficient (Wildman–Crippen LogP) is 0.357. The lowest BCUT2D eigenvalue weighted by atomic mass is 10.2. The topological polar surface area (TPSA) is 54.5 Å². The van der Waals surface area contributed by atoms with Gasteiger partial charge in [-0.05, 0) is 12.1 Å². The molecule has 1 aliphatic heterocycles. The molecule has 1 aliphatic rings. The standard InChI is InChI=1S/C11H12NO3S/c13-11(10-4-2-1-3-5-10)12-6-8-16(14,15)9-7-12/h1-4H,6-9H2. The number of hydrogen-bond donors (Lipinski definition) is 0. The second kappa shape index (κ2) is 4.25. The highest BCUT2D eigenvalue weighted by Crippen LogP contribution is 2.09. The summed E-state index contributed by atoms with van der Waals surface area (Å²) >= 11 is 0. The summed E-state index contributed by atoms with van der Waals surface area (Å²) < 4.78 is 22.4. The highest BCUT2D eigenvalue weighted by molar-refractivity contribution is 7.91. The molecule has 0 bridgehead atoms. The van der Waals surface area contributed by atoms with Crippen molar-refractivity contribution in [1.82, 2.24) is 4.90 Å². The van der Waals surface area contributed by atoms with Gasteiger partial charge in [0.25, 0.3) is 5.91 Å². The average Bonchev–Trinajstić information content (AvgIpc) is 2.29. The van der Waals surface area contributed by atoms with Gasteiger partial charge in [-0.25, -0.2) is 8.42 Å². The maximum atomic E-state index is 11.9. The summed E-state index contributed by atoms with van der Waals surface area (Å²) in [4.78, 5) is 13.5. The van der Waals surface area contributed by atoms with Gasteiger partial charge in [0.2, 0.25) is 0 Å². The molecule has 0 saturated carbocycles. The fourth-order valence-electron chi connectivity index (χ4n) is 1.61. The molecule has 1 radical (unpaired) electrons. The number of hydrogen-bond acceptors (Lipinski definition) is 3. The van der Waals surface area contributed by atoms with Crippen LogP contribution in [0.4, 0.5) is 0 Å². The lowest BCUT2D eigenvalue weighted by Crippen LogP contribution is -2.43. The van der Waals surface area contributed by atoms with E-state index in [1.807, 2.05) is 0 Å². The molecule has 16 heavy (non-hydrogen) atoms. The summed E-state index contributed by atoms with van der Waals surface area (Å²) in [6.07, 6.45) is 0. The molecule has 85 valence electrons. The third-order valence-electron chi connectivity index (χ3n) is 2.57. The largest absolute Gasteiger partial charge is 0.337 e. The van der Waals surface area contributed by atoms with Crippen molar-refractivity contribution in [1.29, 1.82) is 0 Å². The molecule has 0 N–H and O–H groups in total. The lowest BCUT2D eigenvalue weighted by molar-refractivity contribution is 0.0770. The van der Waals surface area contributed by atoms with Crippen LogP contribution in [0.5, 0.6) is 0 Å². The molecule has 1 heterocycles. The fourth-order valence-corrected chi connectivity index (χ4v) is 2.81. The molecule has 1 fully saturated rings. The van der Waals surface area contributed by atoms with Gasteiger partial charge in [0.15, 0.2) is 9.84 Å². The number of nitrogens with zero attached hydrogens (tertiary/aromatic N) is 1. The minimum absolute atomic E-state index is 0.0611. The Morgan fingerprint density at radius 1 is 1.25 bits per heavy atom. The monoisotopic (exact) mass is 238 g/mol. The Hall–Kier alpha value is -1.36. The van der Waals surface area contributed by atoms with Crippen LogP contribution in [0.25, 0.3) is 0 Å². The van der Waals surface area contributed by atoms with E-state index in [2.05, 4.69) is 6.07 Å². The summed E-state index contributed by atoms with van der Waals surface area (Å²) in [5.41, 5.74) is 0.488. The van der Waals surface area contributed by atoms with Gasteiger partial charge in [-0.3, -0.25) is 4.79 Å². The second-order valence-corrected chi connectivity index (χ2v) is 6.02. The van der Waals surface area contributed by atoms with Gasteiger partial charge in [0.1, 0.15) is 0 Å². The van der Waals surface area contributed by atoms with E-state index in [1.54, 1.807) is 29.2 Å². The van der Waals surface area contributed by atoms with E-state index in [9.17, 15) is 13.2 Å². The quantitative estimate of drug-likeness (QED) is 0.709. The Bertz CT molecular complexity index is 467. The molecule has 0 atom stereocenters. The highest BCUT2D eigenvalue weighted by Gasteiger charge is 2.25. The Morgan fingerprint density at radius 3 is 2.50 bits per heavy atom. The molecule has 1 aromatic carbocycles. The van der Waals surface area contributed by atoms with Crippen LogP contribution in [0.2, 0.25) is 0 Å². The number of carbonyl (C=O) groups excluding carboxylic acids is 1. The summed E-state index contributed by atoms with van der Waals surface area (Å²) in [6, 6.07) is 9.76. The first-order valence-electron chi connectivity index (χ1n) is 5.05. The molecular formula is C11H12NO3S. The van der Waals surface area contributed by atoms with Crippen LogP contribution in [0.3, 0.4) is 0 Å². The van der Waals surface area contributed by atoms with Crippen molar-refractivity contribution in [2.45, 2.75) is 0 Å². The molecule has 0 unspecified atom stereocenters. The summed E-state index contributed by atoms with van der Waals surface area (Å²) in [5, 5.41) is 0. The molecule has 2 rings (SSSR count). The van der Waals surface area contributed by atoms with Gasteiger partial charge >= 0.3 is 0 Å². The zero-order valence-corrected chi connectivity index (χ0v) is 9.53. The predicted molar refractivity (Wildman–Crippen MR) is 59.8 cm³/mol. The number of benzene rings is 1. The Morgan fingerprint density at radius 2 is 1.94 bits per heavy atom. The van der Waals surface area contributed by atoms with Gasteiger partial charge in [-0.2, -0.15) is 0 Å². The van der Waals surface area contributed by atoms with Gasteiger partial charge in [-0.15, -0.1) is 0 Å². The number of carbonyl (C=O) groups is 1. The Balaban J connectivity index is 2.08. The van der Waals surface area contributed by atoms with Crippen LogP contribution in [-0.4, -0.2) is 43.8 Å².